The number of rotatable bonds is 4. The summed E-state index contributed by atoms with van der Waals surface area (Å²) in [5, 5.41) is 5.53. The standard InChI is InChI=1S/C20H22N2O/c1-2-6-16(7-3-1)10-13-22-14-11-17(12-15-22)20-18-8-4-5-9-19(18)23-21-20/h1-9,17H,10-15H2. The topological polar surface area (TPSA) is 29.3 Å². The molecule has 1 saturated heterocycles. The minimum absolute atomic E-state index is 0.534. The van der Waals surface area contributed by atoms with Crippen LogP contribution in [0.2, 0.25) is 0 Å². The average Bonchev–Trinajstić information content (AvgIpc) is 3.05. The lowest BCUT2D eigenvalue weighted by atomic mass is 9.91. The molecule has 3 aromatic rings. The zero-order valence-corrected chi connectivity index (χ0v) is 13.3. The van der Waals surface area contributed by atoms with Gasteiger partial charge in [0.25, 0.3) is 0 Å². The second-order valence-electron chi connectivity index (χ2n) is 6.42. The molecular weight excluding hydrogens is 284 g/mol. The molecule has 1 aliphatic rings. The lowest BCUT2D eigenvalue weighted by Crippen LogP contribution is -2.34. The predicted octanol–water partition coefficient (Wildman–Crippen LogP) is 4.25. The molecule has 0 N–H and O–H groups in total. The highest BCUT2D eigenvalue weighted by Gasteiger charge is 2.24. The van der Waals surface area contributed by atoms with Crippen molar-refractivity contribution in [1.82, 2.24) is 10.1 Å². The van der Waals surface area contributed by atoms with E-state index in [4.69, 9.17) is 4.52 Å². The highest BCUT2D eigenvalue weighted by atomic mass is 16.5. The summed E-state index contributed by atoms with van der Waals surface area (Å²) in [5.74, 6) is 0.534. The third kappa shape index (κ3) is 3.15. The van der Waals surface area contributed by atoms with Gasteiger partial charge in [-0.15, -0.1) is 0 Å². The van der Waals surface area contributed by atoms with Gasteiger partial charge in [0.2, 0.25) is 0 Å². The zero-order valence-electron chi connectivity index (χ0n) is 13.3. The SMILES string of the molecule is c1ccc(CCN2CCC(c3noc4ccccc34)CC2)cc1. The van der Waals surface area contributed by atoms with E-state index in [0.29, 0.717) is 5.92 Å². The summed E-state index contributed by atoms with van der Waals surface area (Å²) in [5.41, 5.74) is 3.49. The molecule has 118 valence electrons. The molecule has 3 nitrogen and oxygen atoms in total. The molecule has 0 spiro atoms. The fourth-order valence-corrected chi connectivity index (χ4v) is 3.56. The average molecular weight is 306 g/mol. The largest absolute Gasteiger partial charge is 0.356 e. The Kier molecular flexibility index (Phi) is 4.12. The molecular formula is C20H22N2O. The highest BCUT2D eigenvalue weighted by molar-refractivity contribution is 5.79. The fraction of sp³-hybridized carbons (Fsp3) is 0.350. The Morgan fingerprint density at radius 2 is 1.70 bits per heavy atom. The third-order valence-electron chi connectivity index (χ3n) is 4.94. The zero-order chi connectivity index (χ0) is 15.5. The Balaban J connectivity index is 1.36. The van der Waals surface area contributed by atoms with Crippen molar-refractivity contribution in [3.63, 3.8) is 0 Å². The van der Waals surface area contributed by atoms with E-state index in [1.165, 1.54) is 23.8 Å². The first-order valence-corrected chi connectivity index (χ1v) is 8.51. The molecule has 3 heteroatoms. The van der Waals surface area contributed by atoms with E-state index < -0.39 is 0 Å². The lowest BCUT2D eigenvalue weighted by molar-refractivity contribution is 0.211. The Bertz CT molecular complexity index is 757. The molecule has 1 aliphatic heterocycles. The van der Waals surface area contributed by atoms with Crippen LogP contribution in [0, 0.1) is 0 Å². The van der Waals surface area contributed by atoms with Crippen LogP contribution in [0.4, 0.5) is 0 Å². The lowest BCUT2D eigenvalue weighted by Gasteiger charge is -2.31. The molecule has 0 radical (unpaired) electrons. The van der Waals surface area contributed by atoms with Gasteiger partial charge >= 0.3 is 0 Å². The van der Waals surface area contributed by atoms with Gasteiger partial charge in [-0.1, -0.05) is 47.6 Å². The molecule has 1 fully saturated rings. The quantitative estimate of drug-likeness (QED) is 0.721. The molecule has 0 saturated carbocycles. The van der Waals surface area contributed by atoms with Crippen molar-refractivity contribution >= 4 is 11.0 Å². The number of fused-ring (bicyclic) bond motifs is 1. The highest BCUT2D eigenvalue weighted by Crippen LogP contribution is 2.32. The Morgan fingerprint density at radius 1 is 0.957 bits per heavy atom. The molecule has 0 unspecified atom stereocenters. The van der Waals surface area contributed by atoms with E-state index in [1.54, 1.807) is 0 Å². The van der Waals surface area contributed by atoms with Crippen LogP contribution < -0.4 is 0 Å². The van der Waals surface area contributed by atoms with E-state index >= 15 is 0 Å². The minimum Gasteiger partial charge on any atom is -0.356 e. The van der Waals surface area contributed by atoms with Crippen molar-refractivity contribution in [2.75, 3.05) is 19.6 Å². The third-order valence-corrected chi connectivity index (χ3v) is 4.94. The van der Waals surface area contributed by atoms with E-state index in [1.807, 2.05) is 12.1 Å². The van der Waals surface area contributed by atoms with Crippen LogP contribution in [-0.2, 0) is 6.42 Å². The molecule has 23 heavy (non-hydrogen) atoms. The van der Waals surface area contributed by atoms with Crippen molar-refractivity contribution in [1.29, 1.82) is 0 Å². The molecule has 0 bridgehead atoms. The molecule has 0 atom stereocenters. The normalized spacial score (nSPS) is 16.9. The number of benzene rings is 2. The van der Waals surface area contributed by atoms with Crippen molar-refractivity contribution in [2.24, 2.45) is 0 Å². The molecule has 0 aliphatic carbocycles. The second-order valence-corrected chi connectivity index (χ2v) is 6.42. The van der Waals surface area contributed by atoms with Gasteiger partial charge in [0, 0.05) is 17.8 Å². The smallest absolute Gasteiger partial charge is 0.167 e. The fourth-order valence-electron chi connectivity index (χ4n) is 3.56. The molecule has 1 aromatic heterocycles. The number of piperidine rings is 1. The molecule has 2 aromatic carbocycles. The summed E-state index contributed by atoms with van der Waals surface area (Å²) in [6, 6.07) is 19.0. The van der Waals surface area contributed by atoms with Gasteiger partial charge in [0.1, 0.15) is 0 Å². The number of likely N-dealkylation sites (tertiary alicyclic amines) is 1. The van der Waals surface area contributed by atoms with Crippen LogP contribution in [0.1, 0.15) is 30.0 Å². The number of para-hydroxylation sites is 1. The van der Waals surface area contributed by atoms with Gasteiger partial charge < -0.3 is 9.42 Å². The van der Waals surface area contributed by atoms with Gasteiger partial charge in [-0.2, -0.15) is 0 Å². The maximum atomic E-state index is 5.47. The van der Waals surface area contributed by atoms with Crippen LogP contribution in [0.3, 0.4) is 0 Å². The van der Waals surface area contributed by atoms with Crippen molar-refractivity contribution in [3.05, 3.63) is 65.9 Å². The van der Waals surface area contributed by atoms with Crippen molar-refractivity contribution < 1.29 is 4.52 Å². The van der Waals surface area contributed by atoms with Crippen molar-refractivity contribution in [2.45, 2.75) is 25.2 Å². The van der Waals surface area contributed by atoms with Crippen LogP contribution in [-0.4, -0.2) is 29.7 Å². The number of aromatic nitrogens is 1. The number of hydrogen-bond donors (Lipinski definition) is 0. The van der Waals surface area contributed by atoms with Gasteiger partial charge in [0.05, 0.1) is 5.69 Å². The van der Waals surface area contributed by atoms with Crippen LogP contribution >= 0.6 is 0 Å². The van der Waals surface area contributed by atoms with Gasteiger partial charge in [-0.25, -0.2) is 0 Å². The number of hydrogen-bond acceptors (Lipinski definition) is 3. The van der Waals surface area contributed by atoms with Crippen LogP contribution in [0.25, 0.3) is 11.0 Å². The van der Waals surface area contributed by atoms with Crippen molar-refractivity contribution in [3.8, 4) is 0 Å². The molecule has 4 rings (SSSR count). The summed E-state index contributed by atoms with van der Waals surface area (Å²) < 4.78 is 5.47. The first-order valence-electron chi connectivity index (χ1n) is 8.51. The summed E-state index contributed by atoms with van der Waals surface area (Å²) in [4.78, 5) is 2.58. The van der Waals surface area contributed by atoms with Gasteiger partial charge in [0.15, 0.2) is 5.58 Å². The van der Waals surface area contributed by atoms with Gasteiger partial charge in [-0.3, -0.25) is 0 Å². The second kappa shape index (κ2) is 6.55. The van der Waals surface area contributed by atoms with E-state index in [-0.39, 0.29) is 0 Å². The maximum absolute atomic E-state index is 5.47. The molecule has 0 amide bonds. The molecule has 2 heterocycles. The van der Waals surface area contributed by atoms with Gasteiger partial charge in [-0.05, 0) is 50.0 Å². The van der Waals surface area contributed by atoms with E-state index in [9.17, 15) is 0 Å². The Morgan fingerprint density at radius 3 is 2.52 bits per heavy atom. The number of nitrogens with zero attached hydrogens (tertiary/aromatic N) is 2. The first kappa shape index (κ1) is 14.5. The Hall–Kier alpha value is -2.13. The summed E-state index contributed by atoms with van der Waals surface area (Å²) >= 11 is 0. The van der Waals surface area contributed by atoms with Crippen LogP contribution in [0.15, 0.2) is 59.1 Å². The minimum atomic E-state index is 0.534. The van der Waals surface area contributed by atoms with E-state index in [2.05, 4.69) is 52.5 Å². The summed E-state index contributed by atoms with van der Waals surface area (Å²) in [6.45, 7) is 3.45. The summed E-state index contributed by atoms with van der Waals surface area (Å²) in [7, 11) is 0. The Labute approximate surface area is 136 Å². The monoisotopic (exact) mass is 306 g/mol. The first-order chi connectivity index (χ1) is 11.4. The predicted molar refractivity (Wildman–Crippen MR) is 92.6 cm³/mol. The van der Waals surface area contributed by atoms with E-state index in [0.717, 1.165) is 37.3 Å². The maximum Gasteiger partial charge on any atom is 0.167 e. The van der Waals surface area contributed by atoms with Crippen LogP contribution in [0.5, 0.6) is 0 Å². The summed E-state index contributed by atoms with van der Waals surface area (Å²) in [6.07, 6.45) is 3.48.